The van der Waals surface area contributed by atoms with Gasteiger partial charge < -0.3 is 0 Å². The van der Waals surface area contributed by atoms with Gasteiger partial charge in [0, 0.05) is 40.3 Å². The molecule has 11 aromatic rings. The fourth-order valence-electron chi connectivity index (χ4n) is 8.28. The molecule has 50 heavy (non-hydrogen) atoms. The average Bonchev–Trinajstić information content (AvgIpc) is 3.74. The molecular weight excluding hydrogens is 641 g/mol. The monoisotopic (exact) mass is 668 g/mol. The first-order valence-corrected chi connectivity index (χ1v) is 18.7. The predicted molar refractivity (Wildman–Crippen MR) is 221 cm³/mol. The Balaban J connectivity index is 1.22. The SMILES string of the molecule is c1ccc(-c2c3ccccc3c(-c3cc(-c4ccc5sc6ccc7sc8ccccc8c7c6c5c4)cc4ccccc34)c3ccccc23)cc1. The van der Waals surface area contributed by atoms with Crippen LogP contribution in [0.2, 0.25) is 0 Å². The molecule has 0 N–H and O–H groups in total. The third-order valence-electron chi connectivity index (χ3n) is 10.4. The highest BCUT2D eigenvalue weighted by molar-refractivity contribution is 7.28. The van der Waals surface area contributed by atoms with Gasteiger partial charge >= 0.3 is 0 Å². The molecule has 0 unspecified atom stereocenters. The van der Waals surface area contributed by atoms with Gasteiger partial charge in [-0.1, -0.05) is 127 Å². The van der Waals surface area contributed by atoms with E-state index in [0.29, 0.717) is 0 Å². The maximum atomic E-state index is 2.45. The Morgan fingerprint density at radius 2 is 0.800 bits per heavy atom. The molecule has 0 aliphatic heterocycles. The Morgan fingerprint density at radius 1 is 0.280 bits per heavy atom. The van der Waals surface area contributed by atoms with E-state index in [1.165, 1.54) is 106 Å². The zero-order valence-corrected chi connectivity index (χ0v) is 28.6. The normalized spacial score (nSPS) is 12.0. The molecule has 0 saturated heterocycles. The molecule has 11 rings (SSSR count). The van der Waals surface area contributed by atoms with Crippen molar-refractivity contribution in [1.29, 1.82) is 0 Å². The quantitative estimate of drug-likeness (QED) is 0.164. The standard InChI is InChI=1S/C48H28S2/c1-2-12-29(13-3-1)45-34-16-6-8-18-36(34)46(37-19-9-7-17-35(37)45)39-28-32(26-31-14-4-5-15-33(31)39)30-22-23-42-40(27-30)48-44(50-42)25-24-43-47(48)38-20-10-11-21-41(38)49-43/h1-28H. The average molecular weight is 669 g/mol. The number of benzene rings is 9. The van der Waals surface area contributed by atoms with Crippen molar-refractivity contribution in [2.45, 2.75) is 0 Å². The molecule has 0 radical (unpaired) electrons. The largest absolute Gasteiger partial charge is 0.135 e. The maximum Gasteiger partial charge on any atom is 0.0362 e. The van der Waals surface area contributed by atoms with Crippen LogP contribution in [0.1, 0.15) is 0 Å². The van der Waals surface area contributed by atoms with Gasteiger partial charge in [0.1, 0.15) is 0 Å². The highest BCUT2D eigenvalue weighted by Gasteiger charge is 2.20. The van der Waals surface area contributed by atoms with Gasteiger partial charge in [-0.25, -0.2) is 0 Å². The summed E-state index contributed by atoms with van der Waals surface area (Å²) in [6.45, 7) is 0. The molecule has 0 atom stereocenters. The van der Waals surface area contributed by atoms with Crippen molar-refractivity contribution < 1.29 is 0 Å². The Kier molecular flexibility index (Phi) is 6.09. The summed E-state index contributed by atoms with van der Waals surface area (Å²) < 4.78 is 5.39. The van der Waals surface area contributed by atoms with E-state index in [1.807, 2.05) is 22.7 Å². The zero-order chi connectivity index (χ0) is 32.8. The summed E-state index contributed by atoms with van der Waals surface area (Å²) in [6.07, 6.45) is 0. The van der Waals surface area contributed by atoms with Crippen LogP contribution in [0, 0.1) is 0 Å². The second-order valence-electron chi connectivity index (χ2n) is 13.2. The van der Waals surface area contributed by atoms with Gasteiger partial charge in [-0.2, -0.15) is 0 Å². The van der Waals surface area contributed by atoms with E-state index in [0.717, 1.165) is 0 Å². The number of hydrogen-bond donors (Lipinski definition) is 0. The van der Waals surface area contributed by atoms with Gasteiger partial charge in [0.25, 0.3) is 0 Å². The van der Waals surface area contributed by atoms with Crippen molar-refractivity contribution in [3.8, 4) is 33.4 Å². The number of hydrogen-bond acceptors (Lipinski definition) is 2. The first-order valence-electron chi connectivity index (χ1n) is 17.1. The van der Waals surface area contributed by atoms with Crippen molar-refractivity contribution in [3.63, 3.8) is 0 Å². The molecule has 232 valence electrons. The van der Waals surface area contributed by atoms with Crippen molar-refractivity contribution in [2.24, 2.45) is 0 Å². The molecule has 0 spiro atoms. The fraction of sp³-hybridized carbons (Fsp3) is 0. The first-order chi connectivity index (χ1) is 24.8. The lowest BCUT2D eigenvalue weighted by Gasteiger charge is -2.19. The Bertz CT molecular complexity index is 3080. The summed E-state index contributed by atoms with van der Waals surface area (Å²) in [5.74, 6) is 0. The van der Waals surface area contributed by atoms with Crippen molar-refractivity contribution in [3.05, 3.63) is 170 Å². The molecule has 2 heterocycles. The second-order valence-corrected chi connectivity index (χ2v) is 15.3. The minimum Gasteiger partial charge on any atom is -0.135 e. The van der Waals surface area contributed by atoms with Crippen LogP contribution in [0.25, 0.3) is 106 Å². The highest BCUT2D eigenvalue weighted by Crippen LogP contribution is 2.48. The van der Waals surface area contributed by atoms with E-state index in [9.17, 15) is 0 Å². The summed E-state index contributed by atoms with van der Waals surface area (Å²) in [6, 6.07) is 63.1. The smallest absolute Gasteiger partial charge is 0.0362 e. The molecule has 0 amide bonds. The molecule has 0 saturated carbocycles. The Morgan fingerprint density at radius 3 is 1.50 bits per heavy atom. The molecule has 0 aliphatic rings. The van der Waals surface area contributed by atoms with Crippen LogP contribution in [-0.4, -0.2) is 0 Å². The third kappa shape index (κ3) is 4.10. The van der Waals surface area contributed by atoms with Crippen LogP contribution >= 0.6 is 22.7 Å². The van der Waals surface area contributed by atoms with Crippen LogP contribution in [0.4, 0.5) is 0 Å². The van der Waals surface area contributed by atoms with Crippen LogP contribution in [0.3, 0.4) is 0 Å². The van der Waals surface area contributed by atoms with E-state index in [2.05, 4.69) is 170 Å². The van der Waals surface area contributed by atoms with Gasteiger partial charge in [-0.05, 0) is 108 Å². The van der Waals surface area contributed by atoms with E-state index < -0.39 is 0 Å². The van der Waals surface area contributed by atoms with Gasteiger partial charge in [-0.3, -0.25) is 0 Å². The molecule has 2 heteroatoms. The lowest BCUT2D eigenvalue weighted by atomic mass is 9.84. The minimum absolute atomic E-state index is 1.24. The third-order valence-corrected chi connectivity index (χ3v) is 12.7. The summed E-state index contributed by atoms with van der Waals surface area (Å²) in [4.78, 5) is 0. The van der Waals surface area contributed by atoms with Crippen LogP contribution in [-0.2, 0) is 0 Å². The minimum atomic E-state index is 1.24. The van der Waals surface area contributed by atoms with E-state index >= 15 is 0 Å². The summed E-state index contributed by atoms with van der Waals surface area (Å²) in [5, 5.41) is 13.1. The highest BCUT2D eigenvalue weighted by atomic mass is 32.1. The lowest BCUT2D eigenvalue weighted by Crippen LogP contribution is -1.92. The fourth-order valence-corrected chi connectivity index (χ4v) is 10.5. The maximum absolute atomic E-state index is 2.45. The molecule has 0 aliphatic carbocycles. The van der Waals surface area contributed by atoms with Gasteiger partial charge in [0.05, 0.1) is 0 Å². The Labute approximate surface area is 297 Å². The molecule has 0 nitrogen and oxygen atoms in total. The summed E-state index contributed by atoms with van der Waals surface area (Å²) in [5.41, 5.74) is 7.59. The van der Waals surface area contributed by atoms with Gasteiger partial charge in [-0.15, -0.1) is 22.7 Å². The van der Waals surface area contributed by atoms with Crippen LogP contribution in [0.5, 0.6) is 0 Å². The first kappa shape index (κ1) is 28.1. The number of rotatable bonds is 3. The summed E-state index contributed by atoms with van der Waals surface area (Å²) >= 11 is 3.80. The molecule has 9 aromatic carbocycles. The van der Waals surface area contributed by atoms with Crippen LogP contribution < -0.4 is 0 Å². The number of thiophene rings is 2. The molecule has 0 bridgehead atoms. The second kappa shape index (κ2) is 10.9. The van der Waals surface area contributed by atoms with Crippen molar-refractivity contribution in [1.82, 2.24) is 0 Å². The summed E-state index contributed by atoms with van der Waals surface area (Å²) in [7, 11) is 0. The zero-order valence-electron chi connectivity index (χ0n) is 27.0. The van der Waals surface area contributed by atoms with E-state index in [-0.39, 0.29) is 0 Å². The van der Waals surface area contributed by atoms with Gasteiger partial charge in [0.2, 0.25) is 0 Å². The topological polar surface area (TPSA) is 0 Å². The van der Waals surface area contributed by atoms with Crippen molar-refractivity contribution >= 4 is 95.3 Å². The molecular formula is C48H28S2. The van der Waals surface area contributed by atoms with E-state index in [1.54, 1.807) is 0 Å². The Hall–Kier alpha value is -5.80. The van der Waals surface area contributed by atoms with Gasteiger partial charge in [0.15, 0.2) is 0 Å². The molecule has 0 fully saturated rings. The number of fused-ring (bicyclic) bond motifs is 10. The lowest BCUT2D eigenvalue weighted by molar-refractivity contribution is 1.65. The van der Waals surface area contributed by atoms with Crippen molar-refractivity contribution in [2.75, 3.05) is 0 Å². The van der Waals surface area contributed by atoms with Crippen LogP contribution in [0.15, 0.2) is 170 Å². The molecule has 2 aromatic heterocycles. The predicted octanol–water partition coefficient (Wildman–Crippen LogP) is 14.9. The van der Waals surface area contributed by atoms with E-state index in [4.69, 9.17) is 0 Å².